The van der Waals surface area contributed by atoms with E-state index in [0.717, 1.165) is 44.6 Å². The van der Waals surface area contributed by atoms with Crippen molar-refractivity contribution in [2.75, 3.05) is 44.2 Å². The fraction of sp³-hybridized carbons (Fsp3) is 0.333. The number of anilines is 1. The Morgan fingerprint density at radius 3 is 2.24 bits per heavy atom. The van der Waals surface area contributed by atoms with Crippen LogP contribution < -0.4 is 10.2 Å². The van der Waals surface area contributed by atoms with Gasteiger partial charge in [-0.05, 0) is 60.9 Å². The minimum absolute atomic E-state index is 0. The standard InChI is InChI=1S/C30H29Cl3N6O2.H2/c31-25-6-3-21(15-26(25)32)18-36-29(40)23-16-27(33)28(35-19-23)38-13-11-37(12-14-38)24-7-9-39(10-8-24)30(41)22-4-1-20(17-34)2-5-22;/h1-6,15-16,19,24H,7-14,18H2,(H,36,40);1H. The molecule has 1 N–H and O–H groups in total. The average Bonchev–Trinajstić information content (AvgIpc) is 3.01. The molecule has 3 aromatic rings. The van der Waals surface area contributed by atoms with Gasteiger partial charge in [-0.25, -0.2) is 4.98 Å². The molecule has 8 nitrogen and oxygen atoms in total. The molecule has 2 amide bonds. The number of nitrogens with one attached hydrogen (secondary N) is 1. The molecule has 0 saturated carbocycles. The van der Waals surface area contributed by atoms with Crippen LogP contribution in [0.2, 0.25) is 15.1 Å². The van der Waals surface area contributed by atoms with E-state index in [9.17, 15) is 9.59 Å². The third-order valence-electron chi connectivity index (χ3n) is 7.66. The number of nitriles is 1. The van der Waals surface area contributed by atoms with E-state index in [2.05, 4.69) is 26.2 Å². The van der Waals surface area contributed by atoms with Crippen molar-refractivity contribution in [3.63, 3.8) is 0 Å². The normalized spacial score (nSPS) is 16.3. The molecule has 3 heterocycles. The third-order valence-corrected chi connectivity index (χ3v) is 8.68. The maximum absolute atomic E-state index is 12.9. The van der Waals surface area contributed by atoms with E-state index in [-0.39, 0.29) is 13.2 Å². The first-order valence-electron chi connectivity index (χ1n) is 13.5. The summed E-state index contributed by atoms with van der Waals surface area (Å²) in [7, 11) is 0. The Bertz CT molecular complexity index is 1470. The number of hydrogen-bond donors (Lipinski definition) is 1. The molecular formula is C30H31Cl3N6O2. The summed E-state index contributed by atoms with van der Waals surface area (Å²) in [5.74, 6) is 0.422. The predicted molar refractivity (Wildman–Crippen MR) is 163 cm³/mol. The van der Waals surface area contributed by atoms with Crippen molar-refractivity contribution >= 4 is 52.4 Å². The molecule has 5 rings (SSSR count). The maximum Gasteiger partial charge on any atom is 0.253 e. The first-order chi connectivity index (χ1) is 19.8. The molecule has 2 saturated heterocycles. The van der Waals surface area contributed by atoms with Crippen LogP contribution in [0.15, 0.2) is 54.7 Å². The SMILES string of the molecule is N#Cc1ccc(C(=O)N2CCC(N3CCN(c4ncc(C(=O)NCc5ccc(Cl)c(Cl)c5)cc4Cl)CC3)CC2)cc1.[HH]. The van der Waals surface area contributed by atoms with Crippen LogP contribution in [-0.2, 0) is 6.54 Å². The fourth-order valence-electron chi connectivity index (χ4n) is 5.32. The molecule has 2 aliphatic rings. The molecule has 0 aliphatic carbocycles. The van der Waals surface area contributed by atoms with Gasteiger partial charge in [-0.3, -0.25) is 14.5 Å². The lowest BCUT2D eigenvalue weighted by Crippen LogP contribution is -2.54. The Morgan fingerprint density at radius 2 is 1.61 bits per heavy atom. The molecule has 2 aromatic carbocycles. The second-order valence-corrected chi connectivity index (χ2v) is 11.4. The highest BCUT2D eigenvalue weighted by Gasteiger charge is 2.30. The van der Waals surface area contributed by atoms with Crippen LogP contribution in [0.5, 0.6) is 0 Å². The number of carbonyl (C=O) groups is 2. The van der Waals surface area contributed by atoms with Crippen LogP contribution in [0, 0.1) is 11.3 Å². The van der Waals surface area contributed by atoms with Crippen molar-refractivity contribution in [3.05, 3.63) is 92.0 Å². The molecule has 2 aliphatic heterocycles. The number of halogens is 3. The van der Waals surface area contributed by atoms with Crippen molar-refractivity contribution < 1.29 is 11.0 Å². The minimum atomic E-state index is -0.272. The van der Waals surface area contributed by atoms with Gasteiger partial charge in [-0.2, -0.15) is 5.26 Å². The molecule has 1 aromatic heterocycles. The molecule has 214 valence electrons. The van der Waals surface area contributed by atoms with E-state index < -0.39 is 0 Å². The van der Waals surface area contributed by atoms with Crippen molar-refractivity contribution in [1.82, 2.24) is 20.1 Å². The fourth-order valence-corrected chi connectivity index (χ4v) is 5.93. The number of piperidine rings is 1. The highest BCUT2D eigenvalue weighted by Crippen LogP contribution is 2.27. The van der Waals surface area contributed by atoms with Gasteiger partial charge in [-0.15, -0.1) is 0 Å². The van der Waals surface area contributed by atoms with Gasteiger partial charge in [0.2, 0.25) is 0 Å². The number of benzene rings is 2. The third kappa shape index (κ3) is 6.94. The number of piperazine rings is 1. The van der Waals surface area contributed by atoms with Gasteiger partial charge in [-0.1, -0.05) is 40.9 Å². The van der Waals surface area contributed by atoms with Crippen LogP contribution in [0.25, 0.3) is 0 Å². The molecule has 0 atom stereocenters. The number of carbonyl (C=O) groups excluding carboxylic acids is 2. The molecule has 0 bridgehead atoms. The monoisotopic (exact) mass is 612 g/mol. The van der Waals surface area contributed by atoms with Gasteiger partial charge in [0.15, 0.2) is 0 Å². The van der Waals surface area contributed by atoms with Crippen molar-refractivity contribution in [3.8, 4) is 6.07 Å². The van der Waals surface area contributed by atoms with Crippen molar-refractivity contribution in [2.24, 2.45) is 0 Å². The summed E-state index contributed by atoms with van der Waals surface area (Å²) in [5, 5.41) is 13.2. The number of rotatable bonds is 6. The lowest BCUT2D eigenvalue weighted by molar-refractivity contribution is 0.0610. The molecule has 0 unspecified atom stereocenters. The van der Waals surface area contributed by atoms with Crippen LogP contribution in [0.1, 0.15) is 46.1 Å². The van der Waals surface area contributed by atoms with E-state index in [1.807, 2.05) is 11.0 Å². The summed E-state index contributed by atoms with van der Waals surface area (Å²) in [4.78, 5) is 36.6. The quantitative estimate of drug-likeness (QED) is 0.394. The van der Waals surface area contributed by atoms with Gasteiger partial charge in [0, 0.05) is 65.0 Å². The lowest BCUT2D eigenvalue weighted by atomic mass is 10.0. The average molecular weight is 614 g/mol. The zero-order chi connectivity index (χ0) is 28.9. The zero-order valence-corrected chi connectivity index (χ0v) is 24.6. The first kappa shape index (κ1) is 29.2. The van der Waals surface area contributed by atoms with Gasteiger partial charge in [0.05, 0.1) is 32.3 Å². The van der Waals surface area contributed by atoms with Gasteiger partial charge >= 0.3 is 0 Å². The lowest BCUT2D eigenvalue weighted by Gasteiger charge is -2.43. The summed E-state index contributed by atoms with van der Waals surface area (Å²) < 4.78 is 0. The van der Waals surface area contributed by atoms with Gasteiger partial charge in [0.25, 0.3) is 11.8 Å². The van der Waals surface area contributed by atoms with Crippen LogP contribution in [-0.4, -0.2) is 71.9 Å². The Morgan fingerprint density at radius 1 is 0.902 bits per heavy atom. The molecule has 2 fully saturated rings. The molecule has 41 heavy (non-hydrogen) atoms. The topological polar surface area (TPSA) is 92.6 Å². The summed E-state index contributed by atoms with van der Waals surface area (Å²) in [6.45, 7) is 5.03. The Kier molecular flexibility index (Phi) is 9.31. The molecule has 11 heteroatoms. The molecular weight excluding hydrogens is 583 g/mol. The number of aromatic nitrogens is 1. The maximum atomic E-state index is 12.9. The molecule has 0 spiro atoms. The van der Waals surface area contributed by atoms with Gasteiger partial charge in [0.1, 0.15) is 5.82 Å². The highest BCUT2D eigenvalue weighted by atomic mass is 35.5. The van der Waals surface area contributed by atoms with Crippen molar-refractivity contribution in [2.45, 2.75) is 25.4 Å². The van der Waals surface area contributed by atoms with Crippen LogP contribution >= 0.6 is 34.8 Å². The summed E-state index contributed by atoms with van der Waals surface area (Å²) >= 11 is 18.6. The predicted octanol–water partition coefficient (Wildman–Crippen LogP) is 5.52. The van der Waals surface area contributed by atoms with Crippen LogP contribution in [0.4, 0.5) is 5.82 Å². The Hall–Kier alpha value is -3.35. The van der Waals surface area contributed by atoms with E-state index in [1.54, 1.807) is 48.7 Å². The second-order valence-electron chi connectivity index (χ2n) is 10.2. The first-order valence-corrected chi connectivity index (χ1v) is 14.6. The molecule has 0 radical (unpaired) electrons. The summed E-state index contributed by atoms with van der Waals surface area (Å²) in [6.07, 6.45) is 3.40. The largest absolute Gasteiger partial charge is 0.353 e. The Balaban J connectivity index is 0.00000405. The highest BCUT2D eigenvalue weighted by molar-refractivity contribution is 6.42. The summed E-state index contributed by atoms with van der Waals surface area (Å²) in [6, 6.07) is 16.2. The summed E-state index contributed by atoms with van der Waals surface area (Å²) in [5.41, 5.74) is 2.40. The van der Waals surface area contributed by atoms with Crippen LogP contribution in [0.3, 0.4) is 0 Å². The van der Waals surface area contributed by atoms with Crippen molar-refractivity contribution in [1.29, 1.82) is 5.26 Å². The van der Waals surface area contributed by atoms with E-state index in [0.29, 0.717) is 63.3 Å². The number of nitrogens with zero attached hydrogens (tertiary/aromatic N) is 5. The van der Waals surface area contributed by atoms with E-state index in [1.165, 1.54) is 0 Å². The number of likely N-dealkylation sites (tertiary alicyclic amines) is 1. The van der Waals surface area contributed by atoms with E-state index in [4.69, 9.17) is 40.1 Å². The Labute approximate surface area is 255 Å². The van der Waals surface area contributed by atoms with Gasteiger partial charge < -0.3 is 15.1 Å². The smallest absolute Gasteiger partial charge is 0.253 e. The van der Waals surface area contributed by atoms with E-state index >= 15 is 0 Å². The minimum Gasteiger partial charge on any atom is -0.353 e. The number of hydrogen-bond acceptors (Lipinski definition) is 6. The number of pyridine rings is 1. The zero-order valence-electron chi connectivity index (χ0n) is 22.3. The second kappa shape index (κ2) is 13.1. The number of amides is 2.